The van der Waals surface area contributed by atoms with Crippen LogP contribution in [0.2, 0.25) is 10.0 Å². The summed E-state index contributed by atoms with van der Waals surface area (Å²) >= 11 is 13.7. The topological polar surface area (TPSA) is 71.7 Å². The third-order valence-electron chi connectivity index (χ3n) is 5.50. The van der Waals surface area contributed by atoms with Crippen LogP contribution in [-0.2, 0) is 17.1 Å². The normalized spacial score (nSPS) is 16.8. The first-order chi connectivity index (χ1) is 14.7. The quantitative estimate of drug-likeness (QED) is 0.525. The number of carbonyl (C=O) groups excluding carboxylic acids is 1. The molecule has 31 heavy (non-hydrogen) atoms. The smallest absolute Gasteiger partial charge is 0.279 e. The summed E-state index contributed by atoms with van der Waals surface area (Å²) in [5.41, 5.74) is 1.06. The number of hydrogen-bond donors (Lipinski definition) is 0. The van der Waals surface area contributed by atoms with E-state index in [1.807, 2.05) is 0 Å². The van der Waals surface area contributed by atoms with Gasteiger partial charge >= 0.3 is 0 Å². The molecule has 1 aliphatic rings. The summed E-state index contributed by atoms with van der Waals surface area (Å²) in [6, 6.07) is 9.37. The van der Waals surface area contributed by atoms with Gasteiger partial charge in [0.2, 0.25) is 10.0 Å². The number of fused-ring (bicyclic) bond motifs is 1. The highest BCUT2D eigenvalue weighted by Crippen LogP contribution is 2.29. The monoisotopic (exact) mass is 497 g/mol. The van der Waals surface area contributed by atoms with Crippen LogP contribution in [0.3, 0.4) is 0 Å². The highest BCUT2D eigenvalue weighted by atomic mass is 35.5. The number of thiazole rings is 1. The molecule has 1 saturated heterocycles. The fourth-order valence-corrected chi connectivity index (χ4v) is 6.89. The van der Waals surface area contributed by atoms with Gasteiger partial charge in [-0.3, -0.25) is 4.79 Å². The minimum Gasteiger partial charge on any atom is -0.318 e. The maximum Gasteiger partial charge on any atom is 0.279 e. The molecule has 164 valence electrons. The maximum absolute atomic E-state index is 12.9. The van der Waals surface area contributed by atoms with Crippen LogP contribution in [0.15, 0.2) is 46.3 Å². The van der Waals surface area contributed by atoms with Crippen molar-refractivity contribution in [3.8, 4) is 0 Å². The van der Waals surface area contributed by atoms with Crippen molar-refractivity contribution in [3.63, 3.8) is 0 Å². The predicted octanol–water partition coefficient (Wildman–Crippen LogP) is 4.71. The van der Waals surface area contributed by atoms with E-state index in [0.29, 0.717) is 39.4 Å². The van der Waals surface area contributed by atoms with Crippen LogP contribution in [0.1, 0.15) is 30.1 Å². The summed E-state index contributed by atoms with van der Waals surface area (Å²) in [5, 5.41) is 0.994. The van der Waals surface area contributed by atoms with Gasteiger partial charge in [-0.2, -0.15) is 9.30 Å². The summed E-state index contributed by atoms with van der Waals surface area (Å²) in [6.45, 7) is 3.18. The molecule has 6 nitrogen and oxygen atoms in total. The Balaban J connectivity index is 1.61. The van der Waals surface area contributed by atoms with Gasteiger partial charge in [0.1, 0.15) is 0 Å². The summed E-state index contributed by atoms with van der Waals surface area (Å²) in [7, 11) is -1.78. The van der Waals surface area contributed by atoms with Crippen LogP contribution in [-0.4, -0.2) is 36.3 Å². The average Bonchev–Trinajstić information content (AvgIpc) is 3.03. The Bertz CT molecular complexity index is 1320. The predicted molar refractivity (Wildman–Crippen MR) is 124 cm³/mol. The Morgan fingerprint density at radius 3 is 2.42 bits per heavy atom. The van der Waals surface area contributed by atoms with Crippen molar-refractivity contribution in [2.24, 2.45) is 18.0 Å². The van der Waals surface area contributed by atoms with Crippen LogP contribution in [0.25, 0.3) is 10.2 Å². The Labute approximate surface area is 194 Å². The first-order valence-electron chi connectivity index (χ1n) is 9.80. The van der Waals surface area contributed by atoms with Crippen LogP contribution in [0.4, 0.5) is 0 Å². The lowest BCUT2D eigenvalue weighted by Crippen LogP contribution is -2.37. The molecule has 1 fully saturated rings. The van der Waals surface area contributed by atoms with E-state index in [1.54, 1.807) is 23.7 Å². The third-order valence-corrected chi connectivity index (χ3v) is 8.99. The van der Waals surface area contributed by atoms with Crippen molar-refractivity contribution in [2.75, 3.05) is 13.1 Å². The molecule has 1 aliphatic heterocycles. The van der Waals surface area contributed by atoms with Gasteiger partial charge in [-0.1, -0.05) is 41.5 Å². The fourth-order valence-electron chi connectivity index (χ4n) is 3.60. The minimum absolute atomic E-state index is 0.187. The first kappa shape index (κ1) is 22.5. The molecule has 0 saturated carbocycles. The van der Waals surface area contributed by atoms with E-state index in [4.69, 9.17) is 23.2 Å². The Morgan fingerprint density at radius 1 is 1.13 bits per heavy atom. The first-order valence-corrected chi connectivity index (χ1v) is 12.8. The number of carbonyl (C=O) groups is 1. The van der Waals surface area contributed by atoms with Crippen molar-refractivity contribution in [1.82, 2.24) is 8.87 Å². The molecule has 3 aromatic rings. The molecular formula is C21H21Cl2N3O3S2. The summed E-state index contributed by atoms with van der Waals surface area (Å²) in [5.74, 6) is 0.0781. The van der Waals surface area contributed by atoms with Crippen molar-refractivity contribution in [1.29, 1.82) is 0 Å². The summed E-state index contributed by atoms with van der Waals surface area (Å²) in [4.78, 5) is 17.6. The van der Waals surface area contributed by atoms with E-state index in [-0.39, 0.29) is 4.90 Å². The Kier molecular flexibility index (Phi) is 6.29. The molecule has 0 bridgehead atoms. The second-order valence-corrected chi connectivity index (χ2v) is 11.5. The molecular weight excluding hydrogens is 477 g/mol. The van der Waals surface area contributed by atoms with Crippen molar-refractivity contribution in [3.05, 3.63) is 56.8 Å². The number of rotatable bonds is 3. The second-order valence-electron chi connectivity index (χ2n) is 7.71. The zero-order chi connectivity index (χ0) is 22.3. The van der Waals surface area contributed by atoms with Crippen molar-refractivity contribution < 1.29 is 13.2 Å². The van der Waals surface area contributed by atoms with Gasteiger partial charge in [-0.05, 0) is 55.2 Å². The second kappa shape index (κ2) is 8.67. The maximum atomic E-state index is 12.9. The zero-order valence-corrected chi connectivity index (χ0v) is 20.2. The number of sulfonamides is 1. The highest BCUT2D eigenvalue weighted by Gasteiger charge is 2.28. The molecule has 0 N–H and O–H groups in total. The summed E-state index contributed by atoms with van der Waals surface area (Å²) in [6.07, 6.45) is 1.71. The van der Waals surface area contributed by atoms with Crippen LogP contribution < -0.4 is 4.80 Å². The van der Waals surface area contributed by atoms with Crippen molar-refractivity contribution in [2.45, 2.75) is 24.7 Å². The standard InChI is InChI=1S/C21H21Cl2N3O3S2/c1-13-7-9-26(10-8-13)31(28,29)16-5-3-14(4-6-16)20(27)24-21-25(2)19-17(23)11-15(22)12-18(19)30-21/h3-6,11-13H,7-10H2,1-2H3. The molecule has 10 heteroatoms. The van der Waals surface area contributed by atoms with Crippen LogP contribution in [0.5, 0.6) is 0 Å². The Morgan fingerprint density at radius 2 is 1.77 bits per heavy atom. The number of nitrogens with zero attached hydrogens (tertiary/aromatic N) is 3. The zero-order valence-electron chi connectivity index (χ0n) is 17.0. The SMILES string of the molecule is CC1CCN(S(=O)(=O)c2ccc(C(=O)N=c3sc4cc(Cl)cc(Cl)c4n3C)cc2)CC1. The van der Waals surface area contributed by atoms with Gasteiger partial charge in [-0.25, -0.2) is 8.42 Å². The molecule has 0 atom stereocenters. The van der Waals surface area contributed by atoms with Crippen LogP contribution in [0, 0.1) is 5.92 Å². The third kappa shape index (κ3) is 4.45. The molecule has 4 rings (SSSR count). The number of piperidine rings is 1. The van der Waals surface area contributed by atoms with Gasteiger partial charge in [0, 0.05) is 30.7 Å². The van der Waals surface area contributed by atoms with Crippen LogP contribution >= 0.6 is 34.5 Å². The fraction of sp³-hybridized carbons (Fsp3) is 0.333. The number of hydrogen-bond acceptors (Lipinski definition) is 4. The number of halogens is 2. The van der Waals surface area contributed by atoms with Gasteiger partial charge in [0.25, 0.3) is 5.91 Å². The molecule has 2 aromatic carbocycles. The number of aryl methyl sites for hydroxylation is 1. The van der Waals surface area contributed by atoms with E-state index >= 15 is 0 Å². The van der Waals surface area contributed by atoms with Gasteiger partial charge < -0.3 is 4.57 Å². The van der Waals surface area contributed by atoms with Gasteiger partial charge in [0.05, 0.1) is 20.1 Å². The molecule has 1 aromatic heterocycles. The molecule has 0 radical (unpaired) electrons. The lowest BCUT2D eigenvalue weighted by molar-refractivity contribution is 0.0998. The molecule has 1 amide bonds. The number of benzene rings is 2. The Hall–Kier alpha value is -1.71. The van der Waals surface area contributed by atoms with Crippen molar-refractivity contribution >= 4 is 60.7 Å². The highest BCUT2D eigenvalue weighted by molar-refractivity contribution is 7.89. The average molecular weight is 498 g/mol. The van der Waals surface area contributed by atoms with E-state index in [0.717, 1.165) is 23.1 Å². The molecule has 2 heterocycles. The molecule has 0 aliphatic carbocycles. The molecule has 0 unspecified atom stereocenters. The largest absolute Gasteiger partial charge is 0.318 e. The van der Waals surface area contributed by atoms with E-state index in [2.05, 4.69) is 11.9 Å². The lowest BCUT2D eigenvalue weighted by atomic mass is 10.0. The van der Waals surface area contributed by atoms with Gasteiger partial charge in [-0.15, -0.1) is 0 Å². The minimum atomic E-state index is -3.56. The molecule has 0 spiro atoms. The van der Waals surface area contributed by atoms with Gasteiger partial charge in [0.15, 0.2) is 4.80 Å². The number of amides is 1. The van der Waals surface area contributed by atoms with E-state index < -0.39 is 15.9 Å². The lowest BCUT2D eigenvalue weighted by Gasteiger charge is -2.29. The van der Waals surface area contributed by atoms with E-state index in [1.165, 1.54) is 39.9 Å². The van der Waals surface area contributed by atoms with E-state index in [9.17, 15) is 13.2 Å². The summed E-state index contributed by atoms with van der Waals surface area (Å²) < 4.78 is 29.8. The number of aromatic nitrogens is 1.